The van der Waals surface area contributed by atoms with Crippen LogP contribution in [-0.4, -0.2) is 18.7 Å². The van der Waals surface area contributed by atoms with Gasteiger partial charge in [-0.05, 0) is 24.5 Å². The van der Waals surface area contributed by atoms with Crippen LogP contribution >= 0.6 is 11.8 Å². The summed E-state index contributed by atoms with van der Waals surface area (Å²) < 4.78 is 24.7. The summed E-state index contributed by atoms with van der Waals surface area (Å²) in [6.45, 7) is 0.610. The monoisotopic (exact) mass is 271 g/mol. The number of hydrogen-bond donors (Lipinski definition) is 1. The first-order chi connectivity index (χ1) is 8.68. The average Bonchev–Trinajstić information content (AvgIpc) is 2.86. The zero-order chi connectivity index (χ0) is 13.0. The van der Waals surface area contributed by atoms with Gasteiger partial charge in [0, 0.05) is 16.9 Å². The SMILES string of the molecule is NCC1(c2ccccc2SCC(F)F)CCCC1. The minimum atomic E-state index is -2.26. The van der Waals surface area contributed by atoms with Crippen molar-refractivity contribution in [2.75, 3.05) is 12.3 Å². The van der Waals surface area contributed by atoms with Crippen molar-refractivity contribution in [2.45, 2.75) is 42.4 Å². The maximum Gasteiger partial charge on any atom is 0.247 e. The van der Waals surface area contributed by atoms with Crippen molar-refractivity contribution in [3.05, 3.63) is 29.8 Å². The van der Waals surface area contributed by atoms with Crippen molar-refractivity contribution in [3.8, 4) is 0 Å². The highest BCUT2D eigenvalue weighted by molar-refractivity contribution is 7.99. The molecule has 18 heavy (non-hydrogen) atoms. The van der Waals surface area contributed by atoms with E-state index in [0.29, 0.717) is 6.54 Å². The molecule has 0 aromatic heterocycles. The minimum Gasteiger partial charge on any atom is -0.330 e. The Labute approximate surface area is 111 Å². The Bertz CT molecular complexity index is 389. The zero-order valence-electron chi connectivity index (χ0n) is 10.4. The molecular formula is C14H19F2NS. The number of nitrogens with two attached hydrogens (primary N) is 1. The Kier molecular flexibility index (Phi) is 4.62. The topological polar surface area (TPSA) is 26.0 Å². The van der Waals surface area contributed by atoms with E-state index >= 15 is 0 Å². The van der Waals surface area contributed by atoms with Crippen LogP contribution in [0.15, 0.2) is 29.2 Å². The summed E-state index contributed by atoms with van der Waals surface area (Å²) >= 11 is 1.25. The normalized spacial score (nSPS) is 18.4. The highest BCUT2D eigenvalue weighted by Crippen LogP contribution is 2.44. The van der Waals surface area contributed by atoms with Gasteiger partial charge in [-0.3, -0.25) is 0 Å². The van der Waals surface area contributed by atoms with E-state index in [9.17, 15) is 8.78 Å². The highest BCUT2D eigenvalue weighted by Gasteiger charge is 2.35. The quantitative estimate of drug-likeness (QED) is 0.824. The lowest BCUT2D eigenvalue weighted by Gasteiger charge is -2.30. The molecular weight excluding hydrogens is 252 g/mol. The predicted octanol–water partition coefficient (Wildman–Crippen LogP) is 3.81. The van der Waals surface area contributed by atoms with Gasteiger partial charge >= 0.3 is 0 Å². The van der Waals surface area contributed by atoms with Crippen LogP contribution in [0.25, 0.3) is 0 Å². The number of rotatable bonds is 5. The second-order valence-corrected chi connectivity index (χ2v) is 5.95. The lowest BCUT2D eigenvalue weighted by atomic mass is 9.79. The number of benzene rings is 1. The van der Waals surface area contributed by atoms with Crippen LogP contribution < -0.4 is 5.73 Å². The maximum atomic E-state index is 12.4. The van der Waals surface area contributed by atoms with Gasteiger partial charge in [0.15, 0.2) is 0 Å². The summed E-state index contributed by atoms with van der Waals surface area (Å²) in [5.74, 6) is -0.141. The van der Waals surface area contributed by atoms with Crippen LogP contribution in [0.1, 0.15) is 31.2 Å². The fraction of sp³-hybridized carbons (Fsp3) is 0.571. The first-order valence-corrected chi connectivity index (χ1v) is 7.37. The van der Waals surface area contributed by atoms with Gasteiger partial charge in [0.1, 0.15) is 0 Å². The van der Waals surface area contributed by atoms with Gasteiger partial charge in [-0.15, -0.1) is 11.8 Å². The first kappa shape index (κ1) is 13.8. The van der Waals surface area contributed by atoms with Crippen molar-refractivity contribution in [3.63, 3.8) is 0 Å². The Morgan fingerprint density at radius 2 is 1.89 bits per heavy atom. The lowest BCUT2D eigenvalue weighted by molar-refractivity contribution is 0.177. The number of hydrogen-bond acceptors (Lipinski definition) is 2. The molecule has 0 radical (unpaired) electrons. The van der Waals surface area contributed by atoms with Gasteiger partial charge in [-0.2, -0.15) is 0 Å². The second-order valence-electron chi connectivity index (χ2n) is 4.89. The van der Waals surface area contributed by atoms with Crippen molar-refractivity contribution in [1.82, 2.24) is 0 Å². The van der Waals surface area contributed by atoms with E-state index in [2.05, 4.69) is 6.07 Å². The maximum absolute atomic E-state index is 12.4. The van der Waals surface area contributed by atoms with Crippen molar-refractivity contribution in [2.24, 2.45) is 5.73 Å². The van der Waals surface area contributed by atoms with Gasteiger partial charge in [0.25, 0.3) is 0 Å². The third kappa shape index (κ3) is 2.86. The van der Waals surface area contributed by atoms with Crippen LogP contribution in [0.5, 0.6) is 0 Å². The molecule has 0 bridgehead atoms. The van der Waals surface area contributed by atoms with Crippen LogP contribution in [0, 0.1) is 0 Å². The number of alkyl halides is 2. The van der Waals surface area contributed by atoms with Gasteiger partial charge in [-0.25, -0.2) is 8.78 Å². The molecule has 0 amide bonds. The molecule has 2 rings (SSSR count). The van der Waals surface area contributed by atoms with Gasteiger partial charge in [0.2, 0.25) is 6.43 Å². The molecule has 0 atom stereocenters. The first-order valence-electron chi connectivity index (χ1n) is 6.38. The fourth-order valence-electron chi connectivity index (χ4n) is 2.82. The minimum absolute atomic E-state index is 0.0196. The zero-order valence-corrected chi connectivity index (χ0v) is 11.2. The van der Waals surface area contributed by atoms with Gasteiger partial charge in [0.05, 0.1) is 5.75 Å². The molecule has 4 heteroatoms. The summed E-state index contributed by atoms with van der Waals surface area (Å²) in [6.07, 6.45) is 2.27. The summed E-state index contributed by atoms with van der Waals surface area (Å²) in [5.41, 5.74) is 7.16. The molecule has 100 valence electrons. The van der Waals surface area contributed by atoms with E-state index in [-0.39, 0.29) is 11.2 Å². The molecule has 0 spiro atoms. The standard InChI is InChI=1S/C14H19F2NS/c15-13(16)9-18-12-6-2-1-5-11(12)14(10-17)7-3-4-8-14/h1-2,5-6,13H,3-4,7-10,17H2. The van der Waals surface area contributed by atoms with Crippen molar-refractivity contribution < 1.29 is 8.78 Å². The van der Waals surface area contributed by atoms with Gasteiger partial charge in [-0.1, -0.05) is 31.0 Å². The van der Waals surface area contributed by atoms with E-state index in [1.165, 1.54) is 30.2 Å². The molecule has 1 aromatic carbocycles. The van der Waals surface area contributed by atoms with E-state index in [0.717, 1.165) is 17.7 Å². The lowest BCUT2D eigenvalue weighted by Crippen LogP contribution is -2.32. The molecule has 0 aliphatic heterocycles. The van der Waals surface area contributed by atoms with E-state index < -0.39 is 6.43 Å². The smallest absolute Gasteiger partial charge is 0.247 e. The Balaban J connectivity index is 2.25. The Morgan fingerprint density at radius 1 is 1.22 bits per heavy atom. The second kappa shape index (κ2) is 6.02. The summed E-state index contributed by atoms with van der Waals surface area (Å²) in [6, 6.07) is 7.90. The van der Waals surface area contributed by atoms with Crippen LogP contribution in [0.2, 0.25) is 0 Å². The van der Waals surface area contributed by atoms with Crippen molar-refractivity contribution in [1.29, 1.82) is 0 Å². The molecule has 1 fully saturated rings. The van der Waals surface area contributed by atoms with Gasteiger partial charge < -0.3 is 5.73 Å². The van der Waals surface area contributed by atoms with E-state index in [1.807, 2.05) is 18.2 Å². The molecule has 1 aliphatic carbocycles. The Hall–Kier alpha value is -0.610. The molecule has 0 unspecified atom stereocenters. The van der Waals surface area contributed by atoms with E-state index in [1.54, 1.807) is 0 Å². The molecule has 0 saturated heterocycles. The highest BCUT2D eigenvalue weighted by atomic mass is 32.2. The number of thioether (sulfide) groups is 1. The van der Waals surface area contributed by atoms with Crippen LogP contribution in [-0.2, 0) is 5.41 Å². The third-order valence-electron chi connectivity index (χ3n) is 3.77. The molecule has 0 heterocycles. The molecule has 1 nitrogen and oxygen atoms in total. The third-order valence-corrected chi connectivity index (χ3v) is 4.86. The Morgan fingerprint density at radius 3 is 2.50 bits per heavy atom. The molecule has 1 aliphatic rings. The van der Waals surface area contributed by atoms with E-state index in [4.69, 9.17) is 5.73 Å². The molecule has 2 N–H and O–H groups in total. The summed E-state index contributed by atoms with van der Waals surface area (Å²) in [5, 5.41) is 0. The summed E-state index contributed by atoms with van der Waals surface area (Å²) in [4.78, 5) is 0.977. The number of halogens is 2. The largest absolute Gasteiger partial charge is 0.330 e. The average molecular weight is 271 g/mol. The van der Waals surface area contributed by atoms with Crippen molar-refractivity contribution >= 4 is 11.8 Å². The molecule has 1 aromatic rings. The summed E-state index contributed by atoms with van der Waals surface area (Å²) in [7, 11) is 0. The fourth-order valence-corrected chi connectivity index (χ4v) is 3.74. The molecule has 1 saturated carbocycles. The van der Waals surface area contributed by atoms with Crippen LogP contribution in [0.4, 0.5) is 8.78 Å². The predicted molar refractivity (Wildman–Crippen MR) is 72.4 cm³/mol. The van der Waals surface area contributed by atoms with Crippen LogP contribution in [0.3, 0.4) is 0 Å².